The highest BCUT2D eigenvalue weighted by Crippen LogP contribution is 2.25. The molecule has 2 atom stereocenters. The molecular formula is C17H19NO3. The van der Waals surface area contributed by atoms with E-state index in [-0.39, 0.29) is 11.9 Å². The van der Waals surface area contributed by atoms with Crippen LogP contribution in [0.15, 0.2) is 47.1 Å². The zero-order valence-corrected chi connectivity index (χ0v) is 12.0. The van der Waals surface area contributed by atoms with Crippen LogP contribution in [-0.2, 0) is 6.42 Å². The van der Waals surface area contributed by atoms with E-state index in [1.54, 1.807) is 17.9 Å². The van der Waals surface area contributed by atoms with Crippen LogP contribution in [0.4, 0.5) is 0 Å². The molecule has 110 valence electrons. The number of aliphatic hydroxyl groups excluding tert-OH is 1. The topological polar surface area (TPSA) is 53.7 Å². The lowest BCUT2D eigenvalue weighted by Crippen LogP contribution is -2.41. The largest absolute Gasteiger partial charge is 0.469 e. The first-order valence-corrected chi connectivity index (χ1v) is 7.24. The number of amides is 1. The van der Waals surface area contributed by atoms with Crippen molar-refractivity contribution in [2.45, 2.75) is 31.9 Å². The minimum atomic E-state index is -0.471. The third kappa shape index (κ3) is 2.72. The van der Waals surface area contributed by atoms with Crippen molar-refractivity contribution in [2.24, 2.45) is 0 Å². The molecule has 0 spiro atoms. The second-order valence-electron chi connectivity index (χ2n) is 5.50. The minimum Gasteiger partial charge on any atom is -0.469 e. The summed E-state index contributed by atoms with van der Waals surface area (Å²) < 4.78 is 5.22. The molecule has 3 rings (SSSR count). The van der Waals surface area contributed by atoms with E-state index in [9.17, 15) is 9.90 Å². The highest BCUT2D eigenvalue weighted by atomic mass is 16.3. The molecule has 0 aliphatic carbocycles. The Labute approximate surface area is 124 Å². The Bertz CT molecular complexity index is 620. The number of benzene rings is 1. The Morgan fingerprint density at radius 1 is 1.33 bits per heavy atom. The first-order chi connectivity index (χ1) is 10.2. The van der Waals surface area contributed by atoms with Crippen LogP contribution in [0.1, 0.15) is 28.1 Å². The van der Waals surface area contributed by atoms with E-state index in [2.05, 4.69) is 0 Å². The Morgan fingerprint density at radius 2 is 2.10 bits per heavy atom. The zero-order chi connectivity index (χ0) is 14.8. The quantitative estimate of drug-likeness (QED) is 0.942. The molecule has 1 amide bonds. The van der Waals surface area contributed by atoms with Crippen molar-refractivity contribution in [1.29, 1.82) is 0 Å². The van der Waals surface area contributed by atoms with Crippen LogP contribution >= 0.6 is 0 Å². The summed E-state index contributed by atoms with van der Waals surface area (Å²) in [5.74, 6) is 0.568. The van der Waals surface area contributed by atoms with E-state index >= 15 is 0 Å². The van der Waals surface area contributed by atoms with Gasteiger partial charge in [0, 0.05) is 6.54 Å². The number of carbonyl (C=O) groups is 1. The van der Waals surface area contributed by atoms with Crippen LogP contribution in [0.2, 0.25) is 0 Å². The molecule has 1 saturated heterocycles. The number of hydrogen-bond acceptors (Lipinski definition) is 3. The van der Waals surface area contributed by atoms with Gasteiger partial charge in [-0.05, 0) is 31.4 Å². The average molecular weight is 285 g/mol. The number of likely N-dealkylation sites (tertiary alicyclic amines) is 1. The molecule has 1 aromatic heterocycles. The minimum absolute atomic E-state index is 0.0567. The summed E-state index contributed by atoms with van der Waals surface area (Å²) in [4.78, 5) is 14.4. The van der Waals surface area contributed by atoms with Crippen LogP contribution in [-0.4, -0.2) is 34.6 Å². The molecule has 1 aliphatic heterocycles. The molecule has 0 saturated carbocycles. The number of furan rings is 1. The third-order valence-electron chi connectivity index (χ3n) is 4.15. The van der Waals surface area contributed by atoms with Crippen molar-refractivity contribution < 1.29 is 14.3 Å². The van der Waals surface area contributed by atoms with Gasteiger partial charge in [0.25, 0.3) is 5.91 Å². The molecule has 0 unspecified atom stereocenters. The van der Waals surface area contributed by atoms with E-state index in [1.165, 1.54) is 6.26 Å². The van der Waals surface area contributed by atoms with Gasteiger partial charge in [0.05, 0.1) is 24.0 Å². The molecule has 1 fully saturated rings. The fraction of sp³-hybridized carbons (Fsp3) is 0.353. The number of nitrogens with zero attached hydrogens (tertiary/aromatic N) is 1. The Balaban J connectivity index is 1.81. The van der Waals surface area contributed by atoms with Crippen LogP contribution < -0.4 is 0 Å². The molecule has 0 radical (unpaired) electrons. The van der Waals surface area contributed by atoms with Crippen molar-refractivity contribution >= 4 is 5.91 Å². The van der Waals surface area contributed by atoms with E-state index in [1.807, 2.05) is 30.3 Å². The maximum Gasteiger partial charge on any atom is 0.257 e. The third-order valence-corrected chi connectivity index (χ3v) is 4.15. The standard InChI is InChI=1S/C17H19NO3/c1-12-14(8-10-21-12)17(20)18-9-7-16(19)15(18)11-13-5-3-2-4-6-13/h2-6,8,10,15-16,19H,7,9,11H2,1H3/t15-,16+/m0/s1. The summed E-state index contributed by atoms with van der Waals surface area (Å²) in [6.07, 6.45) is 2.35. The fourth-order valence-corrected chi connectivity index (χ4v) is 2.95. The summed E-state index contributed by atoms with van der Waals surface area (Å²) in [5, 5.41) is 10.2. The molecule has 4 nitrogen and oxygen atoms in total. The molecule has 4 heteroatoms. The lowest BCUT2D eigenvalue weighted by Gasteiger charge is -2.26. The van der Waals surface area contributed by atoms with Crippen molar-refractivity contribution in [3.05, 3.63) is 59.5 Å². The summed E-state index contributed by atoms with van der Waals surface area (Å²) in [6.45, 7) is 2.37. The number of rotatable bonds is 3. The van der Waals surface area contributed by atoms with E-state index in [0.717, 1.165) is 5.56 Å². The van der Waals surface area contributed by atoms with E-state index in [0.29, 0.717) is 30.7 Å². The van der Waals surface area contributed by atoms with Crippen LogP contribution in [0.3, 0.4) is 0 Å². The van der Waals surface area contributed by atoms with Crippen molar-refractivity contribution in [3.8, 4) is 0 Å². The van der Waals surface area contributed by atoms with Gasteiger partial charge in [-0.3, -0.25) is 4.79 Å². The Hall–Kier alpha value is -2.07. The number of hydrogen-bond donors (Lipinski definition) is 1. The number of aliphatic hydroxyl groups is 1. The van der Waals surface area contributed by atoms with Gasteiger partial charge in [-0.25, -0.2) is 0 Å². The van der Waals surface area contributed by atoms with Crippen molar-refractivity contribution in [3.63, 3.8) is 0 Å². The first kappa shape index (κ1) is 13.9. The second kappa shape index (κ2) is 5.74. The summed E-state index contributed by atoms with van der Waals surface area (Å²) >= 11 is 0. The zero-order valence-electron chi connectivity index (χ0n) is 12.0. The van der Waals surface area contributed by atoms with Gasteiger partial charge < -0.3 is 14.4 Å². The summed E-state index contributed by atoms with van der Waals surface area (Å²) in [5.41, 5.74) is 1.72. The van der Waals surface area contributed by atoms with Gasteiger partial charge in [-0.15, -0.1) is 0 Å². The van der Waals surface area contributed by atoms with Gasteiger partial charge in [0.1, 0.15) is 5.76 Å². The Kier molecular flexibility index (Phi) is 3.80. The SMILES string of the molecule is Cc1occc1C(=O)N1CC[C@@H](O)[C@@H]1Cc1ccccc1. The maximum atomic E-state index is 12.6. The lowest BCUT2D eigenvalue weighted by atomic mass is 10.0. The van der Waals surface area contributed by atoms with Gasteiger partial charge in [0.2, 0.25) is 0 Å². The van der Waals surface area contributed by atoms with Crippen LogP contribution in [0.25, 0.3) is 0 Å². The molecule has 2 heterocycles. The van der Waals surface area contributed by atoms with Gasteiger partial charge in [-0.1, -0.05) is 30.3 Å². The smallest absolute Gasteiger partial charge is 0.257 e. The van der Waals surface area contributed by atoms with Gasteiger partial charge in [0.15, 0.2) is 0 Å². The van der Waals surface area contributed by atoms with E-state index < -0.39 is 6.10 Å². The molecule has 2 aromatic rings. The van der Waals surface area contributed by atoms with Crippen LogP contribution in [0.5, 0.6) is 0 Å². The highest BCUT2D eigenvalue weighted by molar-refractivity contribution is 5.95. The molecule has 1 aromatic carbocycles. The lowest BCUT2D eigenvalue weighted by molar-refractivity contribution is 0.0638. The number of carbonyl (C=O) groups excluding carboxylic acids is 1. The second-order valence-corrected chi connectivity index (χ2v) is 5.50. The molecule has 1 aliphatic rings. The summed E-state index contributed by atoms with van der Waals surface area (Å²) in [7, 11) is 0. The van der Waals surface area contributed by atoms with Crippen molar-refractivity contribution in [2.75, 3.05) is 6.54 Å². The normalized spacial score (nSPS) is 21.7. The summed E-state index contributed by atoms with van der Waals surface area (Å²) in [6, 6.07) is 11.5. The van der Waals surface area contributed by atoms with Crippen molar-refractivity contribution in [1.82, 2.24) is 4.90 Å². The average Bonchev–Trinajstić information content (AvgIpc) is 3.07. The highest BCUT2D eigenvalue weighted by Gasteiger charge is 2.37. The molecule has 21 heavy (non-hydrogen) atoms. The predicted octanol–water partition coefficient (Wildman–Crippen LogP) is 2.41. The molecule has 1 N–H and O–H groups in total. The predicted molar refractivity (Wildman–Crippen MR) is 79.0 cm³/mol. The molecule has 0 bridgehead atoms. The van der Waals surface area contributed by atoms with E-state index in [4.69, 9.17) is 4.42 Å². The first-order valence-electron chi connectivity index (χ1n) is 7.24. The monoisotopic (exact) mass is 285 g/mol. The molecular weight excluding hydrogens is 266 g/mol. The Morgan fingerprint density at radius 3 is 2.76 bits per heavy atom. The van der Waals surface area contributed by atoms with Gasteiger partial charge >= 0.3 is 0 Å². The van der Waals surface area contributed by atoms with Gasteiger partial charge in [-0.2, -0.15) is 0 Å². The fourth-order valence-electron chi connectivity index (χ4n) is 2.95. The van der Waals surface area contributed by atoms with Crippen LogP contribution in [0, 0.1) is 6.92 Å². The number of aryl methyl sites for hydroxylation is 1. The maximum absolute atomic E-state index is 12.6.